The Morgan fingerprint density at radius 3 is 2.39 bits per heavy atom. The molecule has 2 N–H and O–H groups in total. The molecule has 5 heteroatoms. The highest BCUT2D eigenvalue weighted by Crippen LogP contribution is 2.30. The summed E-state index contributed by atoms with van der Waals surface area (Å²) in [6, 6.07) is 8.37. The molecule has 0 amide bonds. The van der Waals surface area contributed by atoms with E-state index in [1.54, 1.807) is 24.3 Å². The van der Waals surface area contributed by atoms with E-state index in [0.717, 1.165) is 5.56 Å². The van der Waals surface area contributed by atoms with Crippen molar-refractivity contribution in [1.82, 2.24) is 0 Å². The van der Waals surface area contributed by atoms with Gasteiger partial charge in [0.05, 0.1) is 5.69 Å². The van der Waals surface area contributed by atoms with Crippen LogP contribution in [0.1, 0.15) is 26.3 Å². The Kier molecular flexibility index (Phi) is 3.91. The van der Waals surface area contributed by atoms with Gasteiger partial charge in [0.15, 0.2) is 0 Å². The van der Waals surface area contributed by atoms with Gasteiger partial charge in [-0.2, -0.15) is 15.6 Å². The summed E-state index contributed by atoms with van der Waals surface area (Å²) >= 11 is 0. The van der Waals surface area contributed by atoms with E-state index in [4.69, 9.17) is 10.5 Å². The van der Waals surface area contributed by atoms with Crippen LogP contribution in [0, 0.1) is 22.7 Å². The Morgan fingerprint density at radius 2 is 1.89 bits per heavy atom. The molecular formula is C13H14N4O. The van der Waals surface area contributed by atoms with Crippen molar-refractivity contribution in [2.24, 2.45) is 5.10 Å². The summed E-state index contributed by atoms with van der Waals surface area (Å²) in [5, 5.41) is 30.4. The number of rotatable bonds is 2. The zero-order chi connectivity index (χ0) is 13.8. The lowest BCUT2D eigenvalue weighted by molar-refractivity contribution is 0.476. The van der Waals surface area contributed by atoms with Gasteiger partial charge in [-0.05, 0) is 23.1 Å². The van der Waals surface area contributed by atoms with Crippen LogP contribution in [0.2, 0.25) is 0 Å². The van der Waals surface area contributed by atoms with Gasteiger partial charge in [0, 0.05) is 0 Å². The summed E-state index contributed by atoms with van der Waals surface area (Å²) in [7, 11) is 0. The number of anilines is 1. The number of hydrogen-bond acceptors (Lipinski definition) is 5. The lowest BCUT2D eigenvalue weighted by Gasteiger charge is -2.20. The fourth-order valence-corrected chi connectivity index (χ4v) is 1.28. The molecule has 0 heterocycles. The van der Waals surface area contributed by atoms with Crippen molar-refractivity contribution >= 4 is 11.4 Å². The molecule has 0 fully saturated rings. The molecule has 5 nitrogen and oxygen atoms in total. The first-order valence-corrected chi connectivity index (χ1v) is 5.36. The molecule has 1 aromatic rings. The summed E-state index contributed by atoms with van der Waals surface area (Å²) in [6.45, 7) is 6.13. The number of phenols is 1. The molecule has 92 valence electrons. The van der Waals surface area contributed by atoms with Crippen LogP contribution in [0.15, 0.2) is 23.3 Å². The number of aromatic hydroxyl groups is 1. The summed E-state index contributed by atoms with van der Waals surface area (Å²) in [5.41, 5.74) is 3.53. The van der Waals surface area contributed by atoms with E-state index >= 15 is 0 Å². The van der Waals surface area contributed by atoms with E-state index in [-0.39, 0.29) is 16.9 Å². The molecule has 1 aromatic carbocycles. The van der Waals surface area contributed by atoms with Crippen molar-refractivity contribution in [1.29, 1.82) is 10.5 Å². The molecule has 0 spiro atoms. The Labute approximate surface area is 106 Å². The number of nitrogens with zero attached hydrogens (tertiary/aromatic N) is 3. The van der Waals surface area contributed by atoms with Gasteiger partial charge in [-0.15, -0.1) is 0 Å². The highest BCUT2D eigenvalue weighted by Gasteiger charge is 2.15. The molecule has 0 saturated carbocycles. The molecular weight excluding hydrogens is 228 g/mol. The molecule has 0 bridgehead atoms. The summed E-state index contributed by atoms with van der Waals surface area (Å²) in [6.07, 6.45) is 0. The van der Waals surface area contributed by atoms with Crippen molar-refractivity contribution < 1.29 is 5.11 Å². The van der Waals surface area contributed by atoms with E-state index < -0.39 is 0 Å². The van der Waals surface area contributed by atoms with Gasteiger partial charge in [0.2, 0.25) is 5.71 Å². The van der Waals surface area contributed by atoms with Crippen LogP contribution in [0.25, 0.3) is 0 Å². The highest BCUT2D eigenvalue weighted by molar-refractivity contribution is 6.10. The normalized spacial score (nSPS) is 10.1. The van der Waals surface area contributed by atoms with Crippen LogP contribution >= 0.6 is 0 Å². The highest BCUT2D eigenvalue weighted by atomic mass is 16.3. The zero-order valence-corrected chi connectivity index (χ0v) is 10.5. The second-order valence-corrected chi connectivity index (χ2v) is 4.78. The largest absolute Gasteiger partial charge is 0.506 e. The molecule has 0 aliphatic carbocycles. The van der Waals surface area contributed by atoms with Gasteiger partial charge < -0.3 is 5.11 Å². The van der Waals surface area contributed by atoms with Gasteiger partial charge >= 0.3 is 0 Å². The summed E-state index contributed by atoms with van der Waals surface area (Å²) in [4.78, 5) is 0. The van der Waals surface area contributed by atoms with E-state index in [2.05, 4.69) is 10.5 Å². The van der Waals surface area contributed by atoms with Crippen LogP contribution in [-0.2, 0) is 5.41 Å². The van der Waals surface area contributed by atoms with Crippen molar-refractivity contribution in [3.63, 3.8) is 0 Å². The third-order valence-corrected chi connectivity index (χ3v) is 2.36. The fourth-order valence-electron chi connectivity index (χ4n) is 1.28. The van der Waals surface area contributed by atoms with Crippen LogP contribution in [0.4, 0.5) is 5.69 Å². The number of phenolic OH excluding ortho intramolecular Hbond substituents is 1. The molecule has 0 atom stereocenters. The van der Waals surface area contributed by atoms with E-state index in [9.17, 15) is 5.11 Å². The average molecular weight is 242 g/mol. The maximum Gasteiger partial charge on any atom is 0.237 e. The molecule has 0 saturated heterocycles. The Bertz CT molecular complexity index is 540. The first kappa shape index (κ1) is 13.5. The van der Waals surface area contributed by atoms with Crippen LogP contribution < -0.4 is 5.43 Å². The number of hydrogen-bond donors (Lipinski definition) is 2. The SMILES string of the molecule is CC(C)(C)c1ccc(O)c(NN=C(C#N)C#N)c1. The van der Waals surface area contributed by atoms with Crippen molar-refractivity contribution in [2.75, 3.05) is 5.43 Å². The fraction of sp³-hybridized carbons (Fsp3) is 0.308. The molecule has 0 aliphatic rings. The molecule has 1 rings (SSSR count). The molecule has 0 aliphatic heterocycles. The molecule has 0 radical (unpaired) electrons. The first-order chi connectivity index (χ1) is 8.38. The number of hydrazone groups is 1. The predicted octanol–water partition coefficient (Wildman–Crippen LogP) is 2.50. The Hall–Kier alpha value is -2.53. The molecule has 0 aromatic heterocycles. The maximum atomic E-state index is 9.66. The van der Waals surface area contributed by atoms with Crippen molar-refractivity contribution in [2.45, 2.75) is 26.2 Å². The summed E-state index contributed by atoms with van der Waals surface area (Å²) < 4.78 is 0. The quantitative estimate of drug-likeness (QED) is 0.473. The van der Waals surface area contributed by atoms with E-state index in [1.165, 1.54) is 0 Å². The minimum atomic E-state index is -0.296. The third kappa shape index (κ3) is 3.23. The average Bonchev–Trinajstić information content (AvgIpc) is 2.31. The van der Waals surface area contributed by atoms with Crippen molar-refractivity contribution in [3.05, 3.63) is 23.8 Å². The van der Waals surface area contributed by atoms with E-state index in [1.807, 2.05) is 26.8 Å². The van der Waals surface area contributed by atoms with Crippen LogP contribution in [-0.4, -0.2) is 10.8 Å². The maximum absolute atomic E-state index is 9.66. The van der Waals surface area contributed by atoms with Gasteiger partial charge in [0.25, 0.3) is 0 Å². The van der Waals surface area contributed by atoms with E-state index in [0.29, 0.717) is 5.69 Å². The molecule has 18 heavy (non-hydrogen) atoms. The zero-order valence-electron chi connectivity index (χ0n) is 10.5. The lowest BCUT2D eigenvalue weighted by atomic mass is 9.87. The Balaban J connectivity index is 3.08. The Morgan fingerprint density at radius 1 is 1.28 bits per heavy atom. The first-order valence-electron chi connectivity index (χ1n) is 5.36. The second kappa shape index (κ2) is 5.20. The lowest BCUT2D eigenvalue weighted by Crippen LogP contribution is -2.11. The van der Waals surface area contributed by atoms with Gasteiger partial charge in [-0.1, -0.05) is 26.8 Å². The minimum Gasteiger partial charge on any atom is -0.506 e. The predicted molar refractivity (Wildman–Crippen MR) is 69.1 cm³/mol. The smallest absolute Gasteiger partial charge is 0.237 e. The number of nitrogens with one attached hydrogen (secondary N) is 1. The van der Waals surface area contributed by atoms with Gasteiger partial charge in [0.1, 0.15) is 17.9 Å². The monoisotopic (exact) mass is 242 g/mol. The van der Waals surface area contributed by atoms with Gasteiger partial charge in [-0.3, -0.25) is 5.43 Å². The topological polar surface area (TPSA) is 92.2 Å². The van der Waals surface area contributed by atoms with Gasteiger partial charge in [-0.25, -0.2) is 0 Å². The standard InChI is InChI=1S/C13H14N4O/c1-13(2,3)9-4-5-12(18)11(6-9)17-16-10(7-14)8-15/h4-6,17-18H,1-3H3. The summed E-state index contributed by atoms with van der Waals surface area (Å²) in [5.74, 6) is 0.0157. The van der Waals surface area contributed by atoms with Crippen molar-refractivity contribution in [3.8, 4) is 17.9 Å². The number of benzene rings is 1. The third-order valence-electron chi connectivity index (χ3n) is 2.36. The second-order valence-electron chi connectivity index (χ2n) is 4.78. The minimum absolute atomic E-state index is 0.0157. The molecule has 0 unspecified atom stereocenters. The van der Waals surface area contributed by atoms with Crippen LogP contribution in [0.5, 0.6) is 5.75 Å². The van der Waals surface area contributed by atoms with Crippen LogP contribution in [0.3, 0.4) is 0 Å². The number of nitriles is 2.